The Hall–Kier alpha value is -3.25. The Morgan fingerprint density at radius 1 is 1.19 bits per heavy atom. The lowest BCUT2D eigenvalue weighted by atomic mass is 10.1. The Morgan fingerprint density at radius 2 is 1.92 bits per heavy atom. The van der Waals surface area contributed by atoms with Gasteiger partial charge < -0.3 is 15.3 Å². The predicted molar refractivity (Wildman–Crippen MR) is 138 cm³/mol. The molecule has 0 spiro atoms. The highest BCUT2D eigenvalue weighted by molar-refractivity contribution is 7.92. The summed E-state index contributed by atoms with van der Waals surface area (Å²) in [5.74, 6) is -1.35. The zero-order valence-corrected chi connectivity index (χ0v) is 22.1. The Morgan fingerprint density at radius 3 is 2.57 bits per heavy atom. The minimum Gasteiger partial charge on any atom is -0.509 e. The fraction of sp³-hybridized carbons (Fsp3) is 0.320. The van der Waals surface area contributed by atoms with Gasteiger partial charge in [-0.15, -0.1) is 0 Å². The first-order valence-corrected chi connectivity index (χ1v) is 14.6. The van der Waals surface area contributed by atoms with Crippen molar-refractivity contribution in [3.63, 3.8) is 0 Å². The van der Waals surface area contributed by atoms with Gasteiger partial charge in [0.2, 0.25) is 15.2 Å². The van der Waals surface area contributed by atoms with Crippen LogP contribution in [0.4, 0.5) is 20.2 Å². The number of nitrogens with one attached hydrogen (secondary N) is 2. The predicted octanol–water partition coefficient (Wildman–Crippen LogP) is 4.59. The summed E-state index contributed by atoms with van der Waals surface area (Å²) in [6.07, 6.45) is 2.86. The molecule has 2 unspecified atom stereocenters. The van der Waals surface area contributed by atoms with Crippen LogP contribution in [0.2, 0.25) is 0 Å². The van der Waals surface area contributed by atoms with E-state index in [0.29, 0.717) is 24.0 Å². The van der Waals surface area contributed by atoms with Crippen molar-refractivity contribution in [1.29, 1.82) is 0 Å². The van der Waals surface area contributed by atoms with Crippen molar-refractivity contribution in [1.82, 2.24) is 4.90 Å². The lowest BCUT2D eigenvalue weighted by Gasteiger charge is -2.26. The number of rotatable bonds is 8. The quantitative estimate of drug-likeness (QED) is 0.442. The number of aryl methyl sites for hydroxylation is 1. The van der Waals surface area contributed by atoms with Crippen molar-refractivity contribution in [3.8, 4) is 0 Å². The van der Waals surface area contributed by atoms with Crippen molar-refractivity contribution in [2.24, 2.45) is 0 Å². The molecule has 0 aliphatic carbocycles. The van der Waals surface area contributed by atoms with Crippen LogP contribution in [0.3, 0.4) is 0 Å². The van der Waals surface area contributed by atoms with Crippen molar-refractivity contribution in [2.75, 3.05) is 16.3 Å². The highest BCUT2D eigenvalue weighted by Crippen LogP contribution is 2.41. The van der Waals surface area contributed by atoms with E-state index in [-0.39, 0.29) is 40.0 Å². The summed E-state index contributed by atoms with van der Waals surface area (Å²) < 4.78 is 67.5. The summed E-state index contributed by atoms with van der Waals surface area (Å²) in [6, 6.07) is 7.80. The lowest BCUT2D eigenvalue weighted by molar-refractivity contribution is -0.127. The highest BCUT2D eigenvalue weighted by atomic mass is 32.2. The number of nitrogens with zero attached hydrogens (tertiary/aromatic N) is 1. The zero-order chi connectivity index (χ0) is 27.1. The Labute approximate surface area is 216 Å². The van der Waals surface area contributed by atoms with Crippen molar-refractivity contribution in [3.05, 3.63) is 75.5 Å². The topological polar surface area (TPSA) is 116 Å². The number of carbonyl (C=O) groups excluding carboxylic acids is 1. The molecule has 0 fully saturated rings. The number of halogens is 2. The minimum absolute atomic E-state index is 0.0124. The van der Waals surface area contributed by atoms with Crippen molar-refractivity contribution >= 4 is 38.1 Å². The minimum atomic E-state index is -3.61. The molecule has 8 nitrogen and oxygen atoms in total. The molecule has 4 rings (SSSR count). The molecule has 0 saturated heterocycles. The molecule has 0 bridgehead atoms. The third kappa shape index (κ3) is 5.40. The molecule has 2 atom stereocenters. The van der Waals surface area contributed by atoms with E-state index in [2.05, 4.69) is 10.0 Å². The average molecular weight is 552 g/mol. The van der Waals surface area contributed by atoms with Crippen LogP contribution in [0.15, 0.2) is 63.5 Å². The molecule has 0 radical (unpaired) electrons. The summed E-state index contributed by atoms with van der Waals surface area (Å²) in [4.78, 5) is 14.9. The van der Waals surface area contributed by atoms with Crippen LogP contribution in [-0.4, -0.2) is 40.8 Å². The van der Waals surface area contributed by atoms with Crippen LogP contribution in [0.5, 0.6) is 0 Å². The zero-order valence-electron chi connectivity index (χ0n) is 20.5. The fourth-order valence-corrected chi connectivity index (χ4v) is 6.05. The van der Waals surface area contributed by atoms with Crippen LogP contribution in [0, 0.1) is 12.7 Å². The number of sulfonamides is 1. The molecular formula is C25H27F2N3O5S2. The molecule has 0 saturated carbocycles. The number of aliphatic hydroxyl groups excluding tert-OH is 1. The molecule has 0 aromatic heterocycles. The van der Waals surface area contributed by atoms with Gasteiger partial charge >= 0.3 is 0 Å². The van der Waals surface area contributed by atoms with Crippen LogP contribution in [0.1, 0.15) is 37.3 Å². The normalized spacial score (nSPS) is 19.8. The standard InChI is InChI=1S/C25H27F2N3O5S2/c1-4-5-6-19-23(31)21(25(32)30(19)13-15-7-9-17(26)14(2)11-15)22-24(27)36(33)20-12-16(29-37(3,34)35)8-10-18(20)28-22/h7-12,19,28-29,31H,4-6,13H2,1-3H3. The van der Waals surface area contributed by atoms with Gasteiger partial charge in [0.25, 0.3) is 5.91 Å². The van der Waals surface area contributed by atoms with Crippen LogP contribution >= 0.6 is 0 Å². The average Bonchev–Trinajstić information content (AvgIpc) is 3.05. The van der Waals surface area contributed by atoms with Gasteiger partial charge in [-0.3, -0.25) is 9.52 Å². The van der Waals surface area contributed by atoms with E-state index >= 15 is 4.39 Å². The second kappa shape index (κ2) is 10.3. The molecule has 2 aromatic carbocycles. The smallest absolute Gasteiger partial charge is 0.260 e. The van der Waals surface area contributed by atoms with E-state index in [4.69, 9.17) is 0 Å². The van der Waals surface area contributed by atoms with Crippen LogP contribution in [-0.2, 0) is 32.2 Å². The second-order valence-corrected chi connectivity index (χ2v) is 12.1. The number of amides is 1. The maximum absolute atomic E-state index is 15.4. The lowest BCUT2D eigenvalue weighted by Crippen LogP contribution is -2.35. The largest absolute Gasteiger partial charge is 0.509 e. The molecule has 2 aromatic rings. The van der Waals surface area contributed by atoms with E-state index < -0.39 is 43.6 Å². The maximum Gasteiger partial charge on any atom is 0.260 e. The van der Waals surface area contributed by atoms with Gasteiger partial charge in [-0.2, -0.15) is 4.39 Å². The number of hydrogen-bond donors (Lipinski definition) is 3. The van der Waals surface area contributed by atoms with Gasteiger partial charge in [0.05, 0.1) is 22.9 Å². The van der Waals surface area contributed by atoms with Gasteiger partial charge in [-0.1, -0.05) is 31.9 Å². The molecule has 198 valence electrons. The van der Waals surface area contributed by atoms with Crippen molar-refractivity contribution < 1.29 is 31.3 Å². The Bertz CT molecular complexity index is 1470. The molecule has 37 heavy (non-hydrogen) atoms. The monoisotopic (exact) mass is 551 g/mol. The van der Waals surface area contributed by atoms with Crippen molar-refractivity contribution in [2.45, 2.75) is 50.6 Å². The number of unbranched alkanes of at least 4 members (excludes halogenated alkanes) is 1. The molecule has 2 aliphatic rings. The van der Waals surface area contributed by atoms with Gasteiger partial charge in [-0.25, -0.2) is 17.0 Å². The number of benzene rings is 2. The van der Waals surface area contributed by atoms with E-state index in [9.17, 15) is 26.9 Å². The molecule has 12 heteroatoms. The summed E-state index contributed by atoms with van der Waals surface area (Å²) in [5.41, 5.74) is 0.664. The maximum atomic E-state index is 15.4. The number of fused-ring (bicyclic) bond motifs is 1. The van der Waals surface area contributed by atoms with Crippen LogP contribution < -0.4 is 10.0 Å². The first kappa shape index (κ1) is 26.8. The summed E-state index contributed by atoms with van der Waals surface area (Å²) in [6.45, 7) is 3.64. The molecule has 1 amide bonds. The Kier molecular flexibility index (Phi) is 7.43. The van der Waals surface area contributed by atoms with E-state index in [1.165, 1.54) is 29.2 Å². The SMILES string of the molecule is CCCCC1C(O)=C(C2=C(F)S(=O)c3cc(NS(C)(=O)=O)ccc3N2)C(=O)N1Cc1ccc(F)c(C)c1. The number of hydrogen-bond acceptors (Lipinski definition) is 6. The van der Waals surface area contributed by atoms with Gasteiger partial charge in [0, 0.05) is 12.2 Å². The molecule has 2 heterocycles. The molecule has 3 N–H and O–H groups in total. The summed E-state index contributed by atoms with van der Waals surface area (Å²) in [5, 5.41) is 12.7. The van der Waals surface area contributed by atoms with Gasteiger partial charge in [0.15, 0.2) is 0 Å². The second-order valence-electron chi connectivity index (χ2n) is 9.06. The third-order valence-corrected chi connectivity index (χ3v) is 8.06. The number of carbonyl (C=O) groups is 1. The summed E-state index contributed by atoms with van der Waals surface area (Å²) in [7, 11) is -5.98. The highest BCUT2D eigenvalue weighted by Gasteiger charge is 2.43. The number of anilines is 2. The third-order valence-electron chi connectivity index (χ3n) is 6.18. The van der Waals surface area contributed by atoms with Gasteiger partial charge in [0.1, 0.15) is 33.6 Å². The van der Waals surface area contributed by atoms with E-state index in [0.717, 1.165) is 12.7 Å². The van der Waals surface area contributed by atoms with Gasteiger partial charge in [-0.05, 0) is 48.7 Å². The first-order valence-electron chi connectivity index (χ1n) is 11.6. The summed E-state index contributed by atoms with van der Waals surface area (Å²) >= 11 is 0. The Balaban J connectivity index is 1.70. The fourth-order valence-electron chi connectivity index (χ4n) is 4.41. The number of aliphatic hydroxyl groups is 1. The van der Waals surface area contributed by atoms with E-state index in [1.54, 1.807) is 19.1 Å². The molecular weight excluding hydrogens is 524 g/mol. The van der Waals surface area contributed by atoms with E-state index in [1.807, 2.05) is 6.92 Å². The first-order chi connectivity index (χ1) is 17.4. The van der Waals surface area contributed by atoms with Crippen LogP contribution in [0.25, 0.3) is 0 Å². The molecule has 2 aliphatic heterocycles.